The summed E-state index contributed by atoms with van der Waals surface area (Å²) in [6, 6.07) is 0. The van der Waals surface area contributed by atoms with Crippen molar-refractivity contribution in [2.45, 2.75) is 20.3 Å². The minimum absolute atomic E-state index is 0.109. The first-order valence-corrected chi connectivity index (χ1v) is 7.37. The topological polar surface area (TPSA) is 92.9 Å². The Morgan fingerprint density at radius 1 is 1.55 bits per heavy atom. The fourth-order valence-corrected chi connectivity index (χ4v) is 2.65. The molecule has 1 aliphatic rings. The Morgan fingerprint density at radius 2 is 2.32 bits per heavy atom. The maximum Gasteiger partial charge on any atom is 0.310 e. The second kappa shape index (κ2) is 7.24. The van der Waals surface area contributed by atoms with E-state index in [0.717, 1.165) is 12.5 Å². The maximum atomic E-state index is 11.7. The second-order valence-electron chi connectivity index (χ2n) is 5.47. The number of guanidine groups is 1. The van der Waals surface area contributed by atoms with Crippen LogP contribution in [0.4, 0.5) is 0 Å². The molecule has 1 aromatic rings. The lowest BCUT2D eigenvalue weighted by atomic mass is 9.99. The fraction of sp³-hybridized carbons (Fsp3) is 0.714. The first-order chi connectivity index (χ1) is 10.5. The van der Waals surface area contributed by atoms with E-state index in [-0.39, 0.29) is 17.8 Å². The Balaban J connectivity index is 1.86. The number of aromatic nitrogens is 2. The Labute approximate surface area is 129 Å². The molecule has 8 heteroatoms. The van der Waals surface area contributed by atoms with Gasteiger partial charge in [0.1, 0.15) is 0 Å². The lowest BCUT2D eigenvalue weighted by Crippen LogP contribution is -2.41. The molecule has 1 N–H and O–H groups in total. The smallest absolute Gasteiger partial charge is 0.310 e. The molecule has 0 radical (unpaired) electrons. The molecule has 1 aromatic heterocycles. The average molecular weight is 309 g/mol. The summed E-state index contributed by atoms with van der Waals surface area (Å²) in [5.74, 6) is 1.98. The zero-order valence-electron chi connectivity index (χ0n) is 13.5. The van der Waals surface area contributed by atoms with E-state index in [1.54, 1.807) is 14.0 Å². The molecule has 0 saturated carbocycles. The van der Waals surface area contributed by atoms with Crippen molar-refractivity contribution >= 4 is 11.9 Å². The standard InChI is InChI=1S/C14H23N5O3/c1-9-7-19(8-11(9)13(20)21-4)14(15-3)16-6-5-12-17-10(2)18-22-12/h9,11H,5-8H2,1-4H3,(H,15,16). The third-order valence-electron chi connectivity index (χ3n) is 3.82. The summed E-state index contributed by atoms with van der Waals surface area (Å²) in [7, 11) is 3.16. The van der Waals surface area contributed by atoms with Crippen molar-refractivity contribution in [1.82, 2.24) is 20.4 Å². The van der Waals surface area contributed by atoms with Crippen LogP contribution in [0, 0.1) is 18.8 Å². The van der Waals surface area contributed by atoms with Gasteiger partial charge >= 0.3 is 5.97 Å². The van der Waals surface area contributed by atoms with E-state index in [0.29, 0.717) is 31.2 Å². The molecule has 2 rings (SSSR count). The SMILES string of the molecule is CN=C(NCCc1nc(C)no1)N1CC(C)C(C(=O)OC)C1. The van der Waals surface area contributed by atoms with Crippen molar-refractivity contribution in [2.24, 2.45) is 16.8 Å². The van der Waals surface area contributed by atoms with Crippen LogP contribution in [0.5, 0.6) is 0 Å². The molecule has 22 heavy (non-hydrogen) atoms. The third-order valence-corrected chi connectivity index (χ3v) is 3.82. The maximum absolute atomic E-state index is 11.7. The number of hydrogen-bond donors (Lipinski definition) is 1. The van der Waals surface area contributed by atoms with E-state index in [1.807, 2.05) is 0 Å². The Morgan fingerprint density at radius 3 is 2.91 bits per heavy atom. The molecule has 1 aliphatic heterocycles. The number of aryl methyl sites for hydroxylation is 1. The molecule has 0 bridgehead atoms. The number of aliphatic imine (C=N–C) groups is 1. The molecule has 1 fully saturated rings. The number of nitrogens with zero attached hydrogens (tertiary/aromatic N) is 4. The number of likely N-dealkylation sites (tertiary alicyclic amines) is 1. The lowest BCUT2D eigenvalue weighted by molar-refractivity contribution is -0.145. The fourth-order valence-electron chi connectivity index (χ4n) is 2.65. The lowest BCUT2D eigenvalue weighted by Gasteiger charge is -2.21. The number of nitrogens with one attached hydrogen (secondary N) is 1. The van der Waals surface area contributed by atoms with Gasteiger partial charge in [-0.15, -0.1) is 0 Å². The van der Waals surface area contributed by atoms with E-state index in [9.17, 15) is 4.79 Å². The number of rotatable bonds is 4. The van der Waals surface area contributed by atoms with E-state index >= 15 is 0 Å². The summed E-state index contributed by atoms with van der Waals surface area (Å²) >= 11 is 0. The molecule has 2 atom stereocenters. The molecule has 0 aromatic carbocycles. The molecule has 0 amide bonds. The molecule has 2 unspecified atom stereocenters. The van der Waals surface area contributed by atoms with Gasteiger partial charge in [-0.2, -0.15) is 4.98 Å². The van der Waals surface area contributed by atoms with Gasteiger partial charge in [-0.1, -0.05) is 12.1 Å². The van der Waals surface area contributed by atoms with E-state index in [2.05, 4.69) is 32.3 Å². The van der Waals surface area contributed by atoms with Gasteiger partial charge in [-0.3, -0.25) is 9.79 Å². The van der Waals surface area contributed by atoms with Crippen LogP contribution < -0.4 is 5.32 Å². The van der Waals surface area contributed by atoms with Crippen LogP contribution in [0.2, 0.25) is 0 Å². The number of carbonyl (C=O) groups excluding carboxylic acids is 1. The molecule has 2 heterocycles. The summed E-state index contributed by atoms with van der Waals surface area (Å²) in [6.07, 6.45) is 0.629. The van der Waals surface area contributed by atoms with Crippen molar-refractivity contribution in [3.05, 3.63) is 11.7 Å². The number of carbonyl (C=O) groups is 1. The van der Waals surface area contributed by atoms with Crippen molar-refractivity contribution in [2.75, 3.05) is 33.8 Å². The highest BCUT2D eigenvalue weighted by molar-refractivity contribution is 5.82. The van der Waals surface area contributed by atoms with Gasteiger partial charge in [0.2, 0.25) is 5.89 Å². The summed E-state index contributed by atoms with van der Waals surface area (Å²) in [5, 5.41) is 7.02. The van der Waals surface area contributed by atoms with Crippen LogP contribution in [0.25, 0.3) is 0 Å². The third kappa shape index (κ3) is 3.75. The van der Waals surface area contributed by atoms with Crippen molar-refractivity contribution in [1.29, 1.82) is 0 Å². The van der Waals surface area contributed by atoms with Gasteiger partial charge in [0.25, 0.3) is 0 Å². The molecule has 8 nitrogen and oxygen atoms in total. The summed E-state index contributed by atoms with van der Waals surface area (Å²) in [4.78, 5) is 22.3. The second-order valence-corrected chi connectivity index (χ2v) is 5.47. The van der Waals surface area contributed by atoms with Crippen LogP contribution in [0.3, 0.4) is 0 Å². The predicted molar refractivity (Wildman–Crippen MR) is 80.3 cm³/mol. The van der Waals surface area contributed by atoms with Crippen LogP contribution in [-0.2, 0) is 16.0 Å². The Bertz CT molecular complexity index is 542. The molecule has 122 valence electrons. The normalized spacial score (nSPS) is 22.0. The van der Waals surface area contributed by atoms with Crippen molar-refractivity contribution < 1.29 is 14.1 Å². The van der Waals surface area contributed by atoms with E-state index < -0.39 is 0 Å². The van der Waals surface area contributed by atoms with Crippen LogP contribution in [-0.4, -0.2) is 60.8 Å². The average Bonchev–Trinajstić information content (AvgIpc) is 3.09. The highest BCUT2D eigenvalue weighted by Gasteiger charge is 2.36. The first-order valence-electron chi connectivity index (χ1n) is 7.37. The van der Waals surface area contributed by atoms with Crippen LogP contribution in [0.1, 0.15) is 18.6 Å². The predicted octanol–water partition coefficient (Wildman–Crippen LogP) is 0.237. The van der Waals surface area contributed by atoms with Gasteiger partial charge in [0, 0.05) is 33.1 Å². The number of ether oxygens (including phenoxy) is 1. The summed E-state index contributed by atoms with van der Waals surface area (Å²) in [5.41, 5.74) is 0. The number of hydrogen-bond acceptors (Lipinski definition) is 6. The zero-order chi connectivity index (χ0) is 16.1. The summed E-state index contributed by atoms with van der Waals surface area (Å²) in [6.45, 7) is 5.88. The van der Waals surface area contributed by atoms with Gasteiger partial charge in [-0.25, -0.2) is 0 Å². The zero-order valence-corrected chi connectivity index (χ0v) is 13.5. The van der Waals surface area contributed by atoms with Crippen LogP contribution >= 0.6 is 0 Å². The van der Waals surface area contributed by atoms with Crippen LogP contribution in [0.15, 0.2) is 9.52 Å². The minimum Gasteiger partial charge on any atom is -0.469 e. The largest absolute Gasteiger partial charge is 0.469 e. The van der Waals surface area contributed by atoms with Crippen molar-refractivity contribution in [3.63, 3.8) is 0 Å². The monoisotopic (exact) mass is 309 g/mol. The molecule has 0 spiro atoms. The van der Waals surface area contributed by atoms with Gasteiger partial charge in [0.05, 0.1) is 13.0 Å². The van der Waals surface area contributed by atoms with Gasteiger partial charge in [0.15, 0.2) is 11.8 Å². The first kappa shape index (κ1) is 16.3. The van der Waals surface area contributed by atoms with E-state index in [1.165, 1.54) is 7.11 Å². The highest BCUT2D eigenvalue weighted by Crippen LogP contribution is 2.23. The highest BCUT2D eigenvalue weighted by atomic mass is 16.5. The molecular weight excluding hydrogens is 286 g/mol. The minimum atomic E-state index is -0.160. The number of methoxy groups -OCH3 is 1. The molecular formula is C14H23N5O3. The van der Waals surface area contributed by atoms with Gasteiger partial charge in [-0.05, 0) is 12.8 Å². The number of esters is 1. The van der Waals surface area contributed by atoms with Gasteiger partial charge < -0.3 is 19.5 Å². The Hall–Kier alpha value is -2.12. The van der Waals surface area contributed by atoms with Crippen molar-refractivity contribution in [3.8, 4) is 0 Å². The van der Waals surface area contributed by atoms with E-state index in [4.69, 9.17) is 9.26 Å². The quantitative estimate of drug-likeness (QED) is 0.483. The summed E-state index contributed by atoms with van der Waals surface area (Å²) < 4.78 is 9.92. The molecule has 1 saturated heterocycles. The molecule has 0 aliphatic carbocycles. The Kier molecular flexibility index (Phi) is 5.35.